The first-order valence-corrected chi connectivity index (χ1v) is 10.2. The van der Waals surface area contributed by atoms with Crippen molar-refractivity contribution in [1.29, 1.82) is 0 Å². The van der Waals surface area contributed by atoms with Gasteiger partial charge in [-0.3, -0.25) is 9.69 Å². The van der Waals surface area contributed by atoms with Gasteiger partial charge in [0.05, 0.1) is 0 Å². The molecule has 2 aromatic rings. The molecule has 3 atom stereocenters. The highest BCUT2D eigenvalue weighted by atomic mass is 35.5. The molecule has 1 amide bonds. The maximum Gasteiger partial charge on any atom is 0.244 e. The lowest BCUT2D eigenvalue weighted by Gasteiger charge is -2.38. The van der Waals surface area contributed by atoms with Crippen molar-refractivity contribution in [3.8, 4) is 0 Å². The summed E-state index contributed by atoms with van der Waals surface area (Å²) < 4.78 is 0. The molecule has 0 radical (unpaired) electrons. The number of nitrogens with zero attached hydrogens (tertiary/aromatic N) is 3. The van der Waals surface area contributed by atoms with E-state index in [9.17, 15) is 4.79 Å². The van der Waals surface area contributed by atoms with Crippen molar-refractivity contribution in [3.05, 3.63) is 71.8 Å². The highest BCUT2D eigenvalue weighted by molar-refractivity contribution is 5.85. The largest absolute Gasteiger partial charge is 0.339 e. The van der Waals surface area contributed by atoms with E-state index in [2.05, 4.69) is 41.1 Å². The Hall–Kier alpha value is -1.63. The van der Waals surface area contributed by atoms with Crippen molar-refractivity contribution in [3.63, 3.8) is 0 Å². The van der Waals surface area contributed by atoms with Crippen molar-refractivity contribution in [2.75, 3.05) is 46.3 Å². The van der Waals surface area contributed by atoms with Crippen LogP contribution in [-0.4, -0.2) is 73.0 Å². The summed E-state index contributed by atoms with van der Waals surface area (Å²) in [7, 11) is 2.14. The summed E-state index contributed by atoms with van der Waals surface area (Å²) in [4.78, 5) is 20.3. The van der Waals surface area contributed by atoms with E-state index < -0.39 is 0 Å². The topological polar surface area (TPSA) is 52.8 Å². The van der Waals surface area contributed by atoms with Crippen LogP contribution in [0.4, 0.5) is 0 Å². The highest BCUT2D eigenvalue weighted by Crippen LogP contribution is 2.31. The standard InChI is InChI=1S/C23H30N4O.2ClH/c1-25-12-14-26(15-13-25)22(19-10-6-3-7-11-19)23(28)27-16-20(21(24)17-27)18-8-4-2-5-9-18;;/h2-11,20-22H,12-17,24H2,1H3;2*1H/t20-,21+,22?;;/m0../s1. The molecule has 2 saturated heterocycles. The van der Waals surface area contributed by atoms with Crippen molar-refractivity contribution < 1.29 is 4.79 Å². The molecule has 2 aliphatic heterocycles. The van der Waals surface area contributed by atoms with Gasteiger partial charge in [-0.05, 0) is 18.2 Å². The Morgan fingerprint density at radius 1 is 0.900 bits per heavy atom. The zero-order valence-electron chi connectivity index (χ0n) is 17.4. The maximum absolute atomic E-state index is 13.7. The lowest BCUT2D eigenvalue weighted by Crippen LogP contribution is -2.50. The van der Waals surface area contributed by atoms with E-state index in [1.807, 2.05) is 41.3 Å². The SMILES string of the molecule is CN1CCN(C(C(=O)N2C[C@@H](N)[C@H](c3ccccc3)C2)c2ccccc2)CC1.Cl.Cl. The van der Waals surface area contributed by atoms with Gasteiger partial charge in [-0.2, -0.15) is 0 Å². The molecule has 2 aliphatic rings. The zero-order valence-corrected chi connectivity index (χ0v) is 19.0. The average Bonchev–Trinajstić information content (AvgIpc) is 3.13. The Morgan fingerprint density at radius 2 is 1.47 bits per heavy atom. The molecule has 2 fully saturated rings. The molecule has 5 nitrogen and oxygen atoms in total. The van der Waals surface area contributed by atoms with E-state index in [0.29, 0.717) is 13.1 Å². The number of hydrogen-bond acceptors (Lipinski definition) is 4. The van der Waals surface area contributed by atoms with Crippen LogP contribution in [0.25, 0.3) is 0 Å². The van der Waals surface area contributed by atoms with E-state index in [4.69, 9.17) is 5.73 Å². The number of benzene rings is 2. The second-order valence-corrected chi connectivity index (χ2v) is 8.08. The molecular formula is C23H32Cl2N4O. The molecule has 2 N–H and O–H groups in total. The Balaban J connectivity index is 0.00000160. The zero-order chi connectivity index (χ0) is 19.5. The predicted molar refractivity (Wildman–Crippen MR) is 126 cm³/mol. The number of nitrogens with two attached hydrogens (primary N) is 1. The molecule has 4 rings (SSSR count). The molecule has 0 aliphatic carbocycles. The van der Waals surface area contributed by atoms with Crippen molar-refractivity contribution in [1.82, 2.24) is 14.7 Å². The Kier molecular flexibility index (Phi) is 9.13. The minimum absolute atomic E-state index is 0. The van der Waals surface area contributed by atoms with Crippen LogP contribution in [0.3, 0.4) is 0 Å². The van der Waals surface area contributed by atoms with Gasteiger partial charge in [-0.1, -0.05) is 60.7 Å². The van der Waals surface area contributed by atoms with Gasteiger partial charge in [0.15, 0.2) is 0 Å². The summed E-state index contributed by atoms with van der Waals surface area (Å²) in [6.07, 6.45) is 0. The van der Waals surface area contributed by atoms with E-state index >= 15 is 0 Å². The second kappa shape index (κ2) is 11.1. The number of hydrogen-bond donors (Lipinski definition) is 1. The van der Waals surface area contributed by atoms with Gasteiger partial charge < -0.3 is 15.5 Å². The third-order valence-corrected chi connectivity index (χ3v) is 6.16. The smallest absolute Gasteiger partial charge is 0.244 e. The summed E-state index contributed by atoms with van der Waals surface area (Å²) in [6.45, 7) is 5.11. The van der Waals surface area contributed by atoms with Crippen LogP contribution in [0, 0.1) is 0 Å². The highest BCUT2D eigenvalue weighted by Gasteiger charge is 2.39. The molecule has 2 heterocycles. The van der Waals surface area contributed by atoms with Gasteiger partial charge >= 0.3 is 0 Å². The van der Waals surface area contributed by atoms with Crippen molar-refractivity contribution >= 4 is 30.7 Å². The summed E-state index contributed by atoms with van der Waals surface area (Å²) >= 11 is 0. The van der Waals surface area contributed by atoms with Gasteiger partial charge in [0, 0.05) is 51.2 Å². The third-order valence-electron chi connectivity index (χ3n) is 6.16. The first kappa shape index (κ1) is 24.6. The van der Waals surface area contributed by atoms with Crippen LogP contribution in [0.15, 0.2) is 60.7 Å². The number of amides is 1. The predicted octanol–water partition coefficient (Wildman–Crippen LogP) is 2.77. The number of halogens is 2. The van der Waals surface area contributed by atoms with Crippen molar-refractivity contribution in [2.45, 2.75) is 18.0 Å². The molecule has 30 heavy (non-hydrogen) atoms. The van der Waals surface area contributed by atoms with Gasteiger partial charge in [0.2, 0.25) is 5.91 Å². The fraction of sp³-hybridized carbons (Fsp3) is 0.435. The first-order valence-electron chi connectivity index (χ1n) is 10.2. The Morgan fingerprint density at radius 3 is 2.07 bits per heavy atom. The number of carbonyl (C=O) groups is 1. The molecule has 7 heteroatoms. The van der Waals surface area contributed by atoms with Crippen LogP contribution >= 0.6 is 24.8 Å². The lowest BCUT2D eigenvalue weighted by atomic mass is 9.95. The maximum atomic E-state index is 13.7. The minimum Gasteiger partial charge on any atom is -0.339 e. The van der Waals surface area contributed by atoms with Crippen LogP contribution in [0.5, 0.6) is 0 Å². The number of likely N-dealkylation sites (tertiary alicyclic amines) is 1. The molecule has 0 aromatic heterocycles. The quantitative estimate of drug-likeness (QED) is 0.777. The Labute approximate surface area is 192 Å². The molecule has 0 spiro atoms. The fourth-order valence-corrected chi connectivity index (χ4v) is 4.46. The number of rotatable bonds is 4. The minimum atomic E-state index is -0.225. The van der Waals surface area contributed by atoms with Crippen LogP contribution in [0.1, 0.15) is 23.1 Å². The van der Waals surface area contributed by atoms with Gasteiger partial charge in [0.1, 0.15) is 6.04 Å². The second-order valence-electron chi connectivity index (χ2n) is 8.08. The van der Waals surface area contributed by atoms with Crippen LogP contribution in [-0.2, 0) is 4.79 Å². The van der Waals surface area contributed by atoms with Crippen LogP contribution in [0.2, 0.25) is 0 Å². The van der Waals surface area contributed by atoms with Gasteiger partial charge in [-0.15, -0.1) is 24.8 Å². The molecule has 0 saturated carbocycles. The van der Waals surface area contributed by atoms with E-state index in [-0.39, 0.29) is 48.7 Å². The van der Waals surface area contributed by atoms with E-state index in [1.165, 1.54) is 5.56 Å². The van der Waals surface area contributed by atoms with E-state index in [0.717, 1.165) is 31.7 Å². The number of carbonyl (C=O) groups excluding carboxylic acids is 1. The summed E-state index contributed by atoms with van der Waals surface area (Å²) in [6, 6.07) is 20.3. The average molecular weight is 451 g/mol. The molecule has 164 valence electrons. The van der Waals surface area contributed by atoms with Gasteiger partial charge in [0.25, 0.3) is 0 Å². The summed E-state index contributed by atoms with van der Waals surface area (Å²) in [5.41, 5.74) is 8.76. The normalized spacial score (nSPS) is 23.3. The Bertz CT molecular complexity index is 784. The summed E-state index contributed by atoms with van der Waals surface area (Å²) in [5, 5.41) is 0. The number of piperazine rings is 1. The first-order chi connectivity index (χ1) is 13.6. The lowest BCUT2D eigenvalue weighted by molar-refractivity contribution is -0.137. The molecular weight excluding hydrogens is 419 g/mol. The molecule has 0 bridgehead atoms. The molecule has 2 aromatic carbocycles. The summed E-state index contributed by atoms with van der Waals surface area (Å²) in [5.74, 6) is 0.388. The fourth-order valence-electron chi connectivity index (χ4n) is 4.46. The third kappa shape index (κ3) is 5.34. The van der Waals surface area contributed by atoms with Gasteiger partial charge in [-0.25, -0.2) is 0 Å². The van der Waals surface area contributed by atoms with Crippen molar-refractivity contribution in [2.24, 2.45) is 5.73 Å². The van der Waals surface area contributed by atoms with E-state index in [1.54, 1.807) is 0 Å². The monoisotopic (exact) mass is 450 g/mol. The number of likely N-dealkylation sites (N-methyl/N-ethyl adjacent to an activating group) is 1. The van der Waals surface area contributed by atoms with Crippen LogP contribution < -0.4 is 5.73 Å². The molecule has 1 unspecified atom stereocenters.